The van der Waals surface area contributed by atoms with Crippen LogP contribution in [-0.2, 0) is 11.3 Å². The third kappa shape index (κ3) is 4.51. The second-order valence-corrected chi connectivity index (χ2v) is 6.14. The number of hydrogen-bond donors (Lipinski definition) is 2. The molecule has 25 heavy (non-hydrogen) atoms. The maximum absolute atomic E-state index is 12.0. The van der Waals surface area contributed by atoms with Crippen molar-refractivity contribution in [2.24, 2.45) is 0 Å². The molecule has 3 heterocycles. The molecule has 0 spiro atoms. The average Bonchev–Trinajstić information content (AvgIpc) is 3.33. The monoisotopic (exact) mass is 355 g/mol. The summed E-state index contributed by atoms with van der Waals surface area (Å²) >= 11 is 1.37. The Morgan fingerprint density at radius 3 is 2.80 bits per heavy atom. The zero-order valence-corrected chi connectivity index (χ0v) is 14.2. The van der Waals surface area contributed by atoms with Crippen molar-refractivity contribution < 1.29 is 9.59 Å². The second-order valence-electron chi connectivity index (χ2n) is 5.20. The van der Waals surface area contributed by atoms with Gasteiger partial charge in [0.2, 0.25) is 5.91 Å². The van der Waals surface area contributed by atoms with Crippen LogP contribution < -0.4 is 10.6 Å². The Kier molecular flexibility index (Phi) is 5.53. The molecular weight excluding hydrogens is 338 g/mol. The van der Waals surface area contributed by atoms with Crippen molar-refractivity contribution in [1.82, 2.24) is 25.4 Å². The van der Waals surface area contributed by atoms with Crippen molar-refractivity contribution in [1.29, 1.82) is 0 Å². The van der Waals surface area contributed by atoms with E-state index < -0.39 is 0 Å². The van der Waals surface area contributed by atoms with E-state index in [-0.39, 0.29) is 18.2 Å². The van der Waals surface area contributed by atoms with Crippen LogP contribution in [0.3, 0.4) is 0 Å². The lowest BCUT2D eigenvalue weighted by Gasteiger charge is -2.10. The summed E-state index contributed by atoms with van der Waals surface area (Å²) in [6, 6.07) is 9.09. The fraction of sp³-hybridized carbons (Fsp3) is 0.176. The number of thiophene rings is 1. The van der Waals surface area contributed by atoms with E-state index in [1.807, 2.05) is 29.6 Å². The minimum Gasteiger partial charge on any atom is -0.352 e. The Morgan fingerprint density at radius 2 is 2.04 bits per heavy atom. The Labute approximate surface area is 148 Å². The fourth-order valence-corrected chi connectivity index (χ4v) is 2.88. The summed E-state index contributed by atoms with van der Waals surface area (Å²) in [5.74, 6) is 0.386. The lowest BCUT2D eigenvalue weighted by Crippen LogP contribution is -2.30. The van der Waals surface area contributed by atoms with Gasteiger partial charge in [-0.3, -0.25) is 9.59 Å². The third-order valence-electron chi connectivity index (χ3n) is 3.45. The predicted octanol–water partition coefficient (Wildman–Crippen LogP) is 1.77. The topological polar surface area (TPSA) is 88.9 Å². The molecule has 3 aromatic rings. The number of nitrogens with zero attached hydrogens (tertiary/aromatic N) is 3. The van der Waals surface area contributed by atoms with Crippen molar-refractivity contribution in [2.45, 2.75) is 13.0 Å². The summed E-state index contributed by atoms with van der Waals surface area (Å²) < 4.78 is 1.66. The molecule has 3 rings (SSSR count). The quantitative estimate of drug-likeness (QED) is 0.676. The highest BCUT2D eigenvalue weighted by atomic mass is 32.1. The lowest BCUT2D eigenvalue weighted by atomic mass is 10.2. The summed E-state index contributed by atoms with van der Waals surface area (Å²) in [5, 5.41) is 11.6. The van der Waals surface area contributed by atoms with E-state index in [1.165, 1.54) is 11.3 Å². The first-order valence-electron chi connectivity index (χ1n) is 7.76. The summed E-state index contributed by atoms with van der Waals surface area (Å²) in [6.07, 6.45) is 5.37. The first-order chi connectivity index (χ1) is 12.2. The van der Waals surface area contributed by atoms with Crippen LogP contribution >= 0.6 is 11.3 Å². The summed E-state index contributed by atoms with van der Waals surface area (Å²) in [4.78, 5) is 28.7. The zero-order chi connectivity index (χ0) is 17.5. The number of pyridine rings is 1. The molecule has 0 radical (unpaired) electrons. The summed E-state index contributed by atoms with van der Waals surface area (Å²) in [5.41, 5.74) is 0.863. The molecule has 0 aromatic carbocycles. The molecule has 0 atom stereocenters. The molecule has 7 nitrogen and oxygen atoms in total. The molecule has 2 N–H and O–H groups in total. The van der Waals surface area contributed by atoms with E-state index in [1.54, 1.807) is 29.3 Å². The van der Waals surface area contributed by atoms with Gasteiger partial charge in [-0.05, 0) is 23.6 Å². The molecule has 128 valence electrons. The number of aromatic nitrogens is 3. The Bertz CT molecular complexity index is 831. The molecular formula is C17H17N5O2S. The largest absolute Gasteiger partial charge is 0.352 e. The third-order valence-corrected chi connectivity index (χ3v) is 4.32. The van der Waals surface area contributed by atoms with E-state index in [4.69, 9.17) is 0 Å². The van der Waals surface area contributed by atoms with Crippen LogP contribution in [0.4, 0.5) is 0 Å². The highest BCUT2D eigenvalue weighted by molar-refractivity contribution is 7.12. The minimum atomic E-state index is -0.156. The van der Waals surface area contributed by atoms with Crippen molar-refractivity contribution in [3.63, 3.8) is 0 Å². The molecule has 0 bridgehead atoms. The van der Waals surface area contributed by atoms with Crippen LogP contribution in [0.15, 0.2) is 54.3 Å². The van der Waals surface area contributed by atoms with Gasteiger partial charge in [0.1, 0.15) is 0 Å². The number of nitrogens with one attached hydrogen (secondary N) is 2. The average molecular weight is 355 g/mol. The van der Waals surface area contributed by atoms with E-state index >= 15 is 0 Å². The first kappa shape index (κ1) is 16.8. The molecule has 0 unspecified atom stereocenters. The van der Waals surface area contributed by atoms with Gasteiger partial charge in [0.15, 0.2) is 5.82 Å². The highest BCUT2D eigenvalue weighted by Gasteiger charge is 2.09. The van der Waals surface area contributed by atoms with Gasteiger partial charge in [-0.25, -0.2) is 9.67 Å². The Balaban J connectivity index is 1.47. The molecule has 8 heteroatoms. The van der Waals surface area contributed by atoms with Crippen LogP contribution in [-0.4, -0.2) is 33.1 Å². The minimum absolute atomic E-state index is 0.137. The molecule has 0 aliphatic rings. The Hall–Kier alpha value is -3.00. The second kappa shape index (κ2) is 8.20. The van der Waals surface area contributed by atoms with Gasteiger partial charge >= 0.3 is 0 Å². The van der Waals surface area contributed by atoms with Crippen molar-refractivity contribution in [2.75, 3.05) is 6.54 Å². The fourth-order valence-electron chi connectivity index (χ4n) is 2.24. The number of hydrogen-bond acceptors (Lipinski definition) is 5. The molecule has 0 saturated heterocycles. The van der Waals surface area contributed by atoms with Gasteiger partial charge in [0.05, 0.1) is 4.88 Å². The predicted molar refractivity (Wildman–Crippen MR) is 94.5 cm³/mol. The van der Waals surface area contributed by atoms with E-state index in [9.17, 15) is 9.59 Å². The van der Waals surface area contributed by atoms with Crippen LogP contribution in [0.5, 0.6) is 0 Å². The highest BCUT2D eigenvalue weighted by Crippen LogP contribution is 2.10. The SMILES string of the molecule is O=C(CCNC(=O)c1cccs1)NCc1cccnc1-n1cccn1. The standard InChI is InChI=1S/C17H17N5O2S/c23-15(6-9-19-17(24)14-5-2-11-25-14)20-12-13-4-1-7-18-16(13)22-10-3-8-21-22/h1-5,7-8,10-11H,6,9,12H2,(H,19,24)(H,20,23). The van der Waals surface area contributed by atoms with Crippen molar-refractivity contribution >= 4 is 23.2 Å². The molecule has 0 saturated carbocycles. The number of rotatable bonds is 7. The van der Waals surface area contributed by atoms with Gasteiger partial charge in [-0.15, -0.1) is 11.3 Å². The van der Waals surface area contributed by atoms with E-state index in [0.29, 0.717) is 23.8 Å². The number of amides is 2. The van der Waals surface area contributed by atoms with Crippen LogP contribution in [0, 0.1) is 0 Å². The van der Waals surface area contributed by atoms with Gasteiger partial charge in [0, 0.05) is 43.7 Å². The number of carbonyl (C=O) groups is 2. The molecule has 0 aliphatic heterocycles. The van der Waals surface area contributed by atoms with Gasteiger partial charge in [-0.2, -0.15) is 5.10 Å². The maximum Gasteiger partial charge on any atom is 0.261 e. The molecule has 2 amide bonds. The maximum atomic E-state index is 12.0. The van der Waals surface area contributed by atoms with Crippen LogP contribution in [0.25, 0.3) is 5.82 Å². The lowest BCUT2D eigenvalue weighted by molar-refractivity contribution is -0.121. The smallest absolute Gasteiger partial charge is 0.261 e. The van der Waals surface area contributed by atoms with Gasteiger partial charge in [0.25, 0.3) is 5.91 Å². The first-order valence-corrected chi connectivity index (χ1v) is 8.64. The molecule has 0 aliphatic carbocycles. The van der Waals surface area contributed by atoms with Crippen LogP contribution in [0.2, 0.25) is 0 Å². The zero-order valence-electron chi connectivity index (χ0n) is 13.4. The van der Waals surface area contributed by atoms with Gasteiger partial charge < -0.3 is 10.6 Å². The normalized spacial score (nSPS) is 10.4. The van der Waals surface area contributed by atoms with E-state index in [0.717, 1.165) is 5.56 Å². The molecule has 0 fully saturated rings. The van der Waals surface area contributed by atoms with Crippen LogP contribution in [0.1, 0.15) is 21.7 Å². The summed E-state index contributed by atoms with van der Waals surface area (Å²) in [7, 11) is 0. The van der Waals surface area contributed by atoms with Crippen molar-refractivity contribution in [3.05, 3.63) is 64.7 Å². The van der Waals surface area contributed by atoms with Gasteiger partial charge in [-0.1, -0.05) is 12.1 Å². The molecule has 3 aromatic heterocycles. The number of carbonyl (C=O) groups excluding carboxylic acids is 2. The Morgan fingerprint density at radius 1 is 1.12 bits per heavy atom. The summed E-state index contributed by atoms with van der Waals surface area (Å²) in [6.45, 7) is 0.641. The van der Waals surface area contributed by atoms with Crippen molar-refractivity contribution in [3.8, 4) is 5.82 Å². The van der Waals surface area contributed by atoms with E-state index in [2.05, 4.69) is 20.7 Å².